The van der Waals surface area contributed by atoms with Crippen LogP contribution in [0.2, 0.25) is 0 Å². The van der Waals surface area contributed by atoms with Gasteiger partial charge in [-0.25, -0.2) is 4.39 Å². The monoisotopic (exact) mass is 394 g/mol. The van der Waals surface area contributed by atoms with Crippen LogP contribution in [0, 0.1) is 0 Å². The highest BCUT2D eigenvalue weighted by atomic mass is 19.1. The van der Waals surface area contributed by atoms with Crippen LogP contribution in [-0.2, 0) is 0 Å². The summed E-state index contributed by atoms with van der Waals surface area (Å²) >= 11 is 0. The zero-order chi connectivity index (χ0) is 20.0. The number of piperidine rings is 1. The van der Waals surface area contributed by atoms with Crippen molar-refractivity contribution in [3.63, 3.8) is 0 Å². The molecule has 1 saturated heterocycles. The topological polar surface area (TPSA) is 89.2 Å². The second-order valence-electron chi connectivity index (χ2n) is 7.27. The first-order valence-corrected chi connectivity index (χ1v) is 9.33. The number of fused-ring (bicyclic) bond motifs is 2. The van der Waals surface area contributed by atoms with E-state index < -0.39 is 12.3 Å². The van der Waals surface area contributed by atoms with Gasteiger partial charge in [0.25, 0.3) is 0 Å². The lowest BCUT2D eigenvalue weighted by atomic mass is 9.97. The molecule has 0 unspecified atom stereocenters. The normalized spacial score (nSPS) is 26.0. The van der Waals surface area contributed by atoms with Crippen LogP contribution in [0.25, 0.3) is 16.9 Å². The van der Waals surface area contributed by atoms with Crippen molar-refractivity contribution in [2.24, 2.45) is 0 Å². The first kappa shape index (κ1) is 17.7. The van der Waals surface area contributed by atoms with Crippen LogP contribution < -0.4 is 4.74 Å². The lowest BCUT2D eigenvalue weighted by Gasteiger charge is -2.38. The highest BCUT2D eigenvalue weighted by Gasteiger charge is 2.44. The molecular formula is C20H19FN6O2. The average molecular weight is 394 g/mol. The van der Waals surface area contributed by atoms with Crippen LogP contribution >= 0.6 is 0 Å². The number of hydrogen-bond donors (Lipinski definition) is 1. The number of phenols is 1. The highest BCUT2D eigenvalue weighted by Crippen LogP contribution is 2.34. The average Bonchev–Trinajstić information content (AvgIpc) is 3.35. The van der Waals surface area contributed by atoms with E-state index >= 15 is 0 Å². The summed E-state index contributed by atoms with van der Waals surface area (Å²) in [6, 6.07) is 8.44. The van der Waals surface area contributed by atoms with Gasteiger partial charge >= 0.3 is 0 Å². The molecule has 2 aromatic heterocycles. The van der Waals surface area contributed by atoms with Crippen molar-refractivity contribution in [1.82, 2.24) is 29.9 Å². The van der Waals surface area contributed by atoms with Crippen LogP contribution in [0.15, 0.2) is 55.1 Å². The SMILES string of the molecule is CN1[C@@H]2C=C[C@H]1C[C@H](Oc1ccc(-c3ccc(-n4cnnc4)cc3O)nn1)[C@@H]2F. The summed E-state index contributed by atoms with van der Waals surface area (Å²) in [5.74, 6) is 0.326. The highest BCUT2D eigenvalue weighted by molar-refractivity contribution is 5.68. The number of halogens is 1. The smallest absolute Gasteiger partial charge is 0.233 e. The van der Waals surface area contributed by atoms with E-state index in [2.05, 4.69) is 20.4 Å². The summed E-state index contributed by atoms with van der Waals surface area (Å²) in [7, 11) is 1.92. The quantitative estimate of drug-likeness (QED) is 0.678. The molecular weight excluding hydrogens is 375 g/mol. The number of hydrogen-bond acceptors (Lipinski definition) is 7. The molecule has 148 valence electrons. The Hall–Kier alpha value is -3.33. The molecule has 1 aromatic carbocycles. The van der Waals surface area contributed by atoms with Crippen LogP contribution in [-0.4, -0.2) is 66.4 Å². The fourth-order valence-corrected chi connectivity index (χ4v) is 3.92. The lowest BCUT2D eigenvalue weighted by Crippen LogP contribution is -2.53. The largest absolute Gasteiger partial charge is 0.507 e. The molecule has 9 heteroatoms. The molecule has 1 fully saturated rings. The van der Waals surface area contributed by atoms with E-state index in [0.717, 1.165) is 5.69 Å². The number of rotatable bonds is 4. The predicted octanol–water partition coefficient (Wildman–Crippen LogP) is 2.16. The van der Waals surface area contributed by atoms with Gasteiger partial charge in [-0.1, -0.05) is 12.2 Å². The van der Waals surface area contributed by atoms with Crippen LogP contribution in [0.3, 0.4) is 0 Å². The van der Waals surface area contributed by atoms with Crippen molar-refractivity contribution in [2.75, 3.05) is 7.05 Å². The molecule has 3 aromatic rings. The molecule has 0 saturated carbocycles. The number of likely N-dealkylation sites (N-methyl/N-ethyl adjacent to an activating group) is 1. The maximum atomic E-state index is 14.7. The number of ether oxygens (including phenoxy) is 1. The Labute approximate surface area is 166 Å². The Morgan fingerprint density at radius 1 is 1.10 bits per heavy atom. The maximum Gasteiger partial charge on any atom is 0.233 e. The van der Waals surface area contributed by atoms with Crippen LogP contribution in [0.4, 0.5) is 4.39 Å². The second-order valence-corrected chi connectivity index (χ2v) is 7.27. The zero-order valence-electron chi connectivity index (χ0n) is 15.6. The van der Waals surface area contributed by atoms with E-state index in [9.17, 15) is 9.50 Å². The van der Waals surface area contributed by atoms with Gasteiger partial charge < -0.3 is 9.84 Å². The van der Waals surface area contributed by atoms with Gasteiger partial charge in [0.15, 0.2) is 6.17 Å². The van der Waals surface area contributed by atoms with Crippen LogP contribution in [0.5, 0.6) is 11.6 Å². The van der Waals surface area contributed by atoms with E-state index in [1.807, 2.05) is 30.2 Å². The Morgan fingerprint density at radius 2 is 1.93 bits per heavy atom. The van der Waals surface area contributed by atoms with Gasteiger partial charge in [-0.3, -0.25) is 9.47 Å². The number of nitrogens with zero attached hydrogens (tertiary/aromatic N) is 6. The second kappa shape index (κ2) is 6.93. The number of aromatic hydroxyl groups is 1. The van der Waals surface area contributed by atoms with Gasteiger partial charge in [0, 0.05) is 30.2 Å². The summed E-state index contributed by atoms with van der Waals surface area (Å²) < 4.78 is 22.2. The predicted molar refractivity (Wildman–Crippen MR) is 102 cm³/mol. The summed E-state index contributed by atoms with van der Waals surface area (Å²) in [5, 5.41) is 26.1. The van der Waals surface area contributed by atoms with Gasteiger partial charge in [-0.2, -0.15) is 0 Å². The van der Waals surface area contributed by atoms with Gasteiger partial charge in [0.2, 0.25) is 5.88 Å². The van der Waals surface area contributed by atoms with Gasteiger partial charge in [-0.15, -0.1) is 20.4 Å². The molecule has 0 aliphatic carbocycles. The molecule has 2 aliphatic rings. The number of benzene rings is 1. The zero-order valence-corrected chi connectivity index (χ0v) is 15.6. The molecule has 1 N–H and O–H groups in total. The van der Waals surface area contributed by atoms with Crippen molar-refractivity contribution in [2.45, 2.75) is 30.8 Å². The minimum absolute atomic E-state index is 0.0564. The number of phenolic OH excluding ortho intramolecular Hbond substituents is 1. The molecule has 2 aliphatic heterocycles. The molecule has 29 heavy (non-hydrogen) atoms. The van der Waals surface area contributed by atoms with E-state index in [1.165, 1.54) is 0 Å². The maximum absolute atomic E-state index is 14.7. The molecule has 4 heterocycles. The third kappa shape index (κ3) is 3.13. The fraction of sp³-hybridized carbons (Fsp3) is 0.300. The van der Waals surface area contributed by atoms with E-state index in [0.29, 0.717) is 17.7 Å². The minimum atomic E-state index is -1.12. The Morgan fingerprint density at radius 3 is 2.66 bits per heavy atom. The molecule has 4 atom stereocenters. The molecule has 5 rings (SSSR count). The van der Waals surface area contributed by atoms with Crippen molar-refractivity contribution < 1.29 is 14.2 Å². The first-order chi connectivity index (χ1) is 14.1. The van der Waals surface area contributed by atoms with Crippen molar-refractivity contribution in [3.05, 3.63) is 55.1 Å². The number of alkyl halides is 1. The molecule has 0 spiro atoms. The Balaban J connectivity index is 1.32. The summed E-state index contributed by atoms with van der Waals surface area (Å²) in [5.41, 5.74) is 1.75. The van der Waals surface area contributed by atoms with E-state index in [-0.39, 0.29) is 23.7 Å². The summed E-state index contributed by atoms with van der Waals surface area (Å²) in [6.45, 7) is 0. The van der Waals surface area contributed by atoms with Crippen molar-refractivity contribution in [3.8, 4) is 28.6 Å². The third-order valence-corrected chi connectivity index (χ3v) is 5.57. The molecule has 8 nitrogen and oxygen atoms in total. The summed E-state index contributed by atoms with van der Waals surface area (Å²) in [6.07, 6.45) is 5.91. The van der Waals surface area contributed by atoms with Gasteiger partial charge in [0.1, 0.15) is 24.5 Å². The fourth-order valence-electron chi connectivity index (χ4n) is 3.92. The van der Waals surface area contributed by atoms with Gasteiger partial charge in [0.05, 0.1) is 17.4 Å². The number of aromatic nitrogens is 5. The van der Waals surface area contributed by atoms with E-state index in [1.54, 1.807) is 41.5 Å². The lowest BCUT2D eigenvalue weighted by molar-refractivity contribution is -0.00563. The van der Waals surface area contributed by atoms with Crippen molar-refractivity contribution >= 4 is 0 Å². The Kier molecular flexibility index (Phi) is 4.24. The summed E-state index contributed by atoms with van der Waals surface area (Å²) in [4.78, 5) is 2.02. The molecule has 0 amide bonds. The van der Waals surface area contributed by atoms with Gasteiger partial charge in [-0.05, 0) is 25.2 Å². The van der Waals surface area contributed by atoms with Crippen LogP contribution in [0.1, 0.15) is 6.42 Å². The third-order valence-electron chi connectivity index (χ3n) is 5.57. The van der Waals surface area contributed by atoms with Crippen molar-refractivity contribution in [1.29, 1.82) is 0 Å². The standard InChI is InChI=1S/C20H19FN6O2/c1-26-12-3-6-16(26)20(21)18(9-12)29-19-7-5-15(24-25-19)14-4-2-13(8-17(14)28)27-10-22-23-11-27/h2-8,10-12,16,18,20,28H,9H2,1H3/t12-,16+,18-,20+/m0/s1. The minimum Gasteiger partial charge on any atom is -0.507 e. The molecule has 2 bridgehead atoms. The molecule has 0 radical (unpaired) electrons. The van der Waals surface area contributed by atoms with E-state index in [4.69, 9.17) is 4.74 Å². The Bertz CT molecular complexity index is 1040. The first-order valence-electron chi connectivity index (χ1n) is 9.33.